The molecule has 98 valence electrons. The second-order valence-electron chi connectivity index (χ2n) is 5.91. The average molecular weight is 238 g/mol. The van der Waals surface area contributed by atoms with Gasteiger partial charge in [0.05, 0.1) is 6.04 Å². The molecule has 1 aliphatic rings. The van der Waals surface area contributed by atoms with Crippen LogP contribution in [-0.2, 0) is 4.79 Å². The van der Waals surface area contributed by atoms with Gasteiger partial charge in [0.1, 0.15) is 0 Å². The van der Waals surface area contributed by atoms with E-state index in [-0.39, 0.29) is 17.4 Å². The van der Waals surface area contributed by atoms with Gasteiger partial charge in [0.25, 0.3) is 0 Å². The second kappa shape index (κ2) is 5.67. The van der Waals surface area contributed by atoms with Crippen molar-refractivity contribution in [1.29, 1.82) is 0 Å². The predicted octanol–water partition coefficient (Wildman–Crippen LogP) is 2.32. The van der Waals surface area contributed by atoms with Crippen LogP contribution in [0.5, 0.6) is 0 Å². The molecule has 0 saturated carbocycles. The number of amides is 1. The van der Waals surface area contributed by atoms with Gasteiger partial charge in [0.15, 0.2) is 0 Å². The molecule has 1 heterocycles. The molecule has 1 aliphatic heterocycles. The molecule has 1 rings (SSSR count). The number of hydrogen-bond donors (Lipinski definition) is 1. The van der Waals surface area contributed by atoms with Gasteiger partial charge in [0.2, 0.25) is 5.91 Å². The van der Waals surface area contributed by atoms with E-state index in [0.717, 1.165) is 32.4 Å². The van der Waals surface area contributed by atoms with Gasteiger partial charge < -0.3 is 10.6 Å². The molecular formula is C14H26N2O. The first-order valence-corrected chi connectivity index (χ1v) is 6.60. The minimum Gasteiger partial charge on any atom is -0.337 e. The van der Waals surface area contributed by atoms with E-state index in [0.29, 0.717) is 0 Å². The van der Waals surface area contributed by atoms with Crippen LogP contribution in [0.25, 0.3) is 0 Å². The summed E-state index contributed by atoms with van der Waals surface area (Å²) in [5.74, 6) is 0.107. The van der Waals surface area contributed by atoms with Gasteiger partial charge in [-0.25, -0.2) is 0 Å². The number of nitrogens with zero attached hydrogens (tertiary/aromatic N) is 1. The van der Waals surface area contributed by atoms with Gasteiger partial charge in [-0.05, 0) is 18.3 Å². The standard InChI is InChI=1S/C14H26N2O/c1-5-6-12(15)13(17)16-9-7-11(8-10-16)14(2,3)4/h7,12H,5-6,8-10,15H2,1-4H3/t12-/m0/s1. The van der Waals surface area contributed by atoms with Crippen molar-refractivity contribution in [3.63, 3.8) is 0 Å². The molecule has 0 aliphatic carbocycles. The molecule has 3 nitrogen and oxygen atoms in total. The molecule has 2 N–H and O–H groups in total. The van der Waals surface area contributed by atoms with Crippen LogP contribution in [0.1, 0.15) is 47.0 Å². The molecule has 17 heavy (non-hydrogen) atoms. The molecule has 1 amide bonds. The highest BCUT2D eigenvalue weighted by molar-refractivity contribution is 5.81. The lowest BCUT2D eigenvalue weighted by Gasteiger charge is -2.33. The molecule has 0 spiro atoms. The zero-order valence-corrected chi connectivity index (χ0v) is 11.6. The lowest BCUT2D eigenvalue weighted by molar-refractivity contribution is -0.132. The van der Waals surface area contributed by atoms with Crippen molar-refractivity contribution in [3.05, 3.63) is 11.6 Å². The molecular weight excluding hydrogens is 212 g/mol. The van der Waals surface area contributed by atoms with Crippen LogP contribution >= 0.6 is 0 Å². The molecule has 0 aromatic heterocycles. The maximum Gasteiger partial charge on any atom is 0.239 e. The lowest BCUT2D eigenvalue weighted by Crippen LogP contribution is -2.45. The van der Waals surface area contributed by atoms with Crippen LogP contribution in [0.15, 0.2) is 11.6 Å². The summed E-state index contributed by atoms with van der Waals surface area (Å²) in [6, 6.07) is -0.315. The molecule has 0 aromatic carbocycles. The largest absolute Gasteiger partial charge is 0.337 e. The lowest BCUT2D eigenvalue weighted by atomic mass is 9.83. The maximum absolute atomic E-state index is 12.0. The highest BCUT2D eigenvalue weighted by Gasteiger charge is 2.25. The van der Waals surface area contributed by atoms with Crippen molar-refractivity contribution in [2.45, 2.75) is 53.0 Å². The summed E-state index contributed by atoms with van der Waals surface area (Å²) in [5.41, 5.74) is 7.54. The van der Waals surface area contributed by atoms with Gasteiger partial charge in [-0.3, -0.25) is 4.79 Å². The fraction of sp³-hybridized carbons (Fsp3) is 0.786. The number of rotatable bonds is 3. The fourth-order valence-electron chi connectivity index (χ4n) is 2.22. The van der Waals surface area contributed by atoms with Crippen LogP contribution in [0, 0.1) is 5.41 Å². The highest BCUT2D eigenvalue weighted by Crippen LogP contribution is 2.30. The van der Waals surface area contributed by atoms with Gasteiger partial charge in [-0.15, -0.1) is 0 Å². The van der Waals surface area contributed by atoms with E-state index in [1.54, 1.807) is 0 Å². The third-order valence-corrected chi connectivity index (χ3v) is 3.40. The molecule has 0 saturated heterocycles. The highest BCUT2D eigenvalue weighted by atomic mass is 16.2. The topological polar surface area (TPSA) is 46.3 Å². The summed E-state index contributed by atoms with van der Waals surface area (Å²) >= 11 is 0. The first-order valence-electron chi connectivity index (χ1n) is 6.60. The van der Waals surface area contributed by atoms with Crippen molar-refractivity contribution in [1.82, 2.24) is 4.90 Å². The van der Waals surface area contributed by atoms with Crippen LogP contribution in [-0.4, -0.2) is 29.9 Å². The monoisotopic (exact) mass is 238 g/mol. The number of hydrogen-bond acceptors (Lipinski definition) is 2. The zero-order valence-electron chi connectivity index (χ0n) is 11.6. The van der Waals surface area contributed by atoms with E-state index < -0.39 is 0 Å². The smallest absolute Gasteiger partial charge is 0.239 e. The average Bonchev–Trinajstić information content (AvgIpc) is 2.27. The van der Waals surface area contributed by atoms with Gasteiger partial charge in [-0.1, -0.05) is 45.8 Å². The van der Waals surface area contributed by atoms with Crippen molar-refractivity contribution >= 4 is 5.91 Å². The Hall–Kier alpha value is -0.830. The quantitative estimate of drug-likeness (QED) is 0.767. The molecule has 3 heteroatoms. The normalized spacial score (nSPS) is 18.9. The van der Waals surface area contributed by atoms with E-state index >= 15 is 0 Å². The van der Waals surface area contributed by atoms with E-state index in [4.69, 9.17) is 5.73 Å². The zero-order chi connectivity index (χ0) is 13.1. The van der Waals surface area contributed by atoms with Crippen LogP contribution in [0.3, 0.4) is 0 Å². The first kappa shape index (κ1) is 14.2. The fourth-order valence-corrected chi connectivity index (χ4v) is 2.22. The Labute approximate surface area is 105 Å². The molecule has 0 unspecified atom stereocenters. The number of carbonyl (C=O) groups is 1. The molecule has 0 bridgehead atoms. The van der Waals surface area contributed by atoms with Gasteiger partial charge >= 0.3 is 0 Å². The van der Waals surface area contributed by atoms with Crippen LogP contribution in [0.2, 0.25) is 0 Å². The van der Waals surface area contributed by atoms with E-state index in [1.165, 1.54) is 5.57 Å². The Kier molecular flexibility index (Phi) is 4.75. The van der Waals surface area contributed by atoms with Gasteiger partial charge in [-0.2, -0.15) is 0 Å². The van der Waals surface area contributed by atoms with Crippen LogP contribution < -0.4 is 5.73 Å². The van der Waals surface area contributed by atoms with Crippen molar-refractivity contribution in [3.8, 4) is 0 Å². The Balaban J connectivity index is 2.57. The molecule has 0 aromatic rings. The predicted molar refractivity (Wildman–Crippen MR) is 71.6 cm³/mol. The minimum absolute atomic E-state index is 0.107. The molecule has 0 fully saturated rings. The Morgan fingerprint density at radius 1 is 1.53 bits per heavy atom. The minimum atomic E-state index is -0.315. The van der Waals surface area contributed by atoms with Crippen molar-refractivity contribution in [2.75, 3.05) is 13.1 Å². The second-order valence-corrected chi connectivity index (χ2v) is 5.91. The summed E-state index contributed by atoms with van der Waals surface area (Å²) in [6.45, 7) is 10.3. The third-order valence-electron chi connectivity index (χ3n) is 3.40. The van der Waals surface area contributed by atoms with E-state index in [1.807, 2.05) is 4.90 Å². The van der Waals surface area contributed by atoms with Gasteiger partial charge in [0, 0.05) is 13.1 Å². The maximum atomic E-state index is 12.0. The summed E-state index contributed by atoms with van der Waals surface area (Å²) in [5, 5.41) is 0. The third kappa shape index (κ3) is 3.84. The van der Waals surface area contributed by atoms with Crippen LogP contribution in [0.4, 0.5) is 0 Å². The molecule has 1 atom stereocenters. The Morgan fingerprint density at radius 3 is 2.59 bits per heavy atom. The summed E-state index contributed by atoms with van der Waals surface area (Å²) < 4.78 is 0. The Morgan fingerprint density at radius 2 is 2.18 bits per heavy atom. The van der Waals surface area contributed by atoms with E-state index in [2.05, 4.69) is 33.8 Å². The Bertz CT molecular complexity index is 302. The van der Waals surface area contributed by atoms with Crippen molar-refractivity contribution in [2.24, 2.45) is 11.1 Å². The summed E-state index contributed by atoms with van der Waals surface area (Å²) in [4.78, 5) is 13.9. The summed E-state index contributed by atoms with van der Waals surface area (Å²) in [6.07, 6.45) is 4.92. The molecule has 0 radical (unpaired) electrons. The number of carbonyl (C=O) groups excluding carboxylic acids is 1. The summed E-state index contributed by atoms with van der Waals surface area (Å²) in [7, 11) is 0. The first-order chi connectivity index (χ1) is 7.86. The number of nitrogens with two attached hydrogens (primary N) is 1. The van der Waals surface area contributed by atoms with E-state index in [9.17, 15) is 4.79 Å². The van der Waals surface area contributed by atoms with Crippen molar-refractivity contribution < 1.29 is 4.79 Å². The SMILES string of the molecule is CCC[C@H](N)C(=O)N1CC=C(C(C)(C)C)CC1.